The number of halogens is 2. The van der Waals surface area contributed by atoms with Crippen LogP contribution in [0.5, 0.6) is 0 Å². The molecule has 138 valence electrons. The minimum atomic E-state index is -0.352. The maximum atomic E-state index is 13.3. The van der Waals surface area contributed by atoms with Crippen LogP contribution in [0.1, 0.15) is 24.2 Å². The van der Waals surface area contributed by atoms with Crippen molar-refractivity contribution < 1.29 is 18.5 Å². The van der Waals surface area contributed by atoms with Crippen LogP contribution in [-0.2, 0) is 16.0 Å². The maximum absolute atomic E-state index is 13.3. The molecule has 0 spiro atoms. The lowest BCUT2D eigenvalue weighted by Gasteiger charge is -2.31. The molecule has 0 aliphatic carbocycles. The summed E-state index contributed by atoms with van der Waals surface area (Å²) in [7, 11) is 0. The average Bonchev–Trinajstić information content (AvgIpc) is 3.03. The first-order chi connectivity index (χ1) is 12.4. The molecule has 3 rings (SSSR count). The van der Waals surface area contributed by atoms with Gasteiger partial charge in [-0.15, -0.1) is 0 Å². The van der Waals surface area contributed by atoms with Gasteiger partial charge in [-0.05, 0) is 53.4 Å². The Bertz CT molecular complexity index is 816. The van der Waals surface area contributed by atoms with Crippen molar-refractivity contribution in [2.45, 2.75) is 26.2 Å². The zero-order valence-corrected chi connectivity index (χ0v) is 15.9. The van der Waals surface area contributed by atoms with Gasteiger partial charge in [-0.3, -0.25) is 9.59 Å². The van der Waals surface area contributed by atoms with Gasteiger partial charge in [0.1, 0.15) is 11.6 Å². The van der Waals surface area contributed by atoms with Crippen LogP contribution in [0, 0.1) is 18.7 Å². The van der Waals surface area contributed by atoms with E-state index in [1.807, 2.05) is 0 Å². The molecule has 8 heteroatoms. The van der Waals surface area contributed by atoms with Crippen LogP contribution in [0.4, 0.5) is 10.2 Å². The third-order valence-corrected chi connectivity index (χ3v) is 5.04. The summed E-state index contributed by atoms with van der Waals surface area (Å²) in [4.78, 5) is 26.5. The summed E-state index contributed by atoms with van der Waals surface area (Å²) in [6.07, 6.45) is 1.41. The molecule has 1 aliphatic heterocycles. The van der Waals surface area contributed by atoms with Crippen LogP contribution in [0.15, 0.2) is 33.3 Å². The first-order valence-corrected chi connectivity index (χ1v) is 9.17. The highest BCUT2D eigenvalue weighted by Gasteiger charge is 2.27. The predicted octanol–water partition coefficient (Wildman–Crippen LogP) is 3.30. The van der Waals surface area contributed by atoms with E-state index in [0.717, 1.165) is 5.56 Å². The number of nitrogens with one attached hydrogen (secondary N) is 1. The maximum Gasteiger partial charge on any atom is 0.228 e. The molecule has 1 fully saturated rings. The van der Waals surface area contributed by atoms with E-state index in [1.54, 1.807) is 30.0 Å². The first kappa shape index (κ1) is 18.6. The Morgan fingerprint density at radius 3 is 2.69 bits per heavy atom. The Morgan fingerprint density at radius 2 is 2.08 bits per heavy atom. The standard InChI is InChI=1S/C18H19BrFN3O3/c1-11-8-16(22-26-11)21-18(25)13-4-6-23(7-5-13)17(24)10-12-2-3-15(20)14(19)9-12/h2-3,8-9,13H,4-7,10H2,1H3,(H,21,22,25). The average molecular weight is 424 g/mol. The number of likely N-dealkylation sites (tertiary alicyclic amines) is 1. The lowest BCUT2D eigenvalue weighted by atomic mass is 9.95. The van der Waals surface area contributed by atoms with E-state index in [4.69, 9.17) is 4.52 Å². The van der Waals surface area contributed by atoms with E-state index in [9.17, 15) is 14.0 Å². The minimum Gasteiger partial charge on any atom is -0.360 e. The van der Waals surface area contributed by atoms with Crippen molar-refractivity contribution in [1.82, 2.24) is 10.1 Å². The Hall–Kier alpha value is -2.22. The van der Waals surface area contributed by atoms with Crippen molar-refractivity contribution in [2.75, 3.05) is 18.4 Å². The summed E-state index contributed by atoms with van der Waals surface area (Å²) in [5.41, 5.74) is 0.754. The number of carbonyl (C=O) groups excluding carboxylic acids is 2. The van der Waals surface area contributed by atoms with Crippen molar-refractivity contribution in [1.29, 1.82) is 0 Å². The van der Waals surface area contributed by atoms with E-state index < -0.39 is 0 Å². The number of carbonyl (C=O) groups is 2. The van der Waals surface area contributed by atoms with Gasteiger partial charge in [-0.1, -0.05) is 11.2 Å². The number of benzene rings is 1. The van der Waals surface area contributed by atoms with Crippen LogP contribution in [0.2, 0.25) is 0 Å². The summed E-state index contributed by atoms with van der Waals surface area (Å²) in [6.45, 7) is 2.81. The molecule has 6 nitrogen and oxygen atoms in total. The lowest BCUT2D eigenvalue weighted by Crippen LogP contribution is -2.42. The highest BCUT2D eigenvalue weighted by Crippen LogP contribution is 2.21. The van der Waals surface area contributed by atoms with Gasteiger partial charge in [0.2, 0.25) is 11.8 Å². The quantitative estimate of drug-likeness (QED) is 0.818. The number of hydrogen-bond acceptors (Lipinski definition) is 4. The van der Waals surface area contributed by atoms with Gasteiger partial charge in [-0.2, -0.15) is 0 Å². The zero-order valence-electron chi connectivity index (χ0n) is 14.3. The second-order valence-electron chi connectivity index (χ2n) is 6.39. The van der Waals surface area contributed by atoms with Crippen molar-refractivity contribution in [3.05, 3.63) is 45.9 Å². The molecule has 1 aromatic heterocycles. The zero-order chi connectivity index (χ0) is 18.7. The number of aryl methyl sites for hydroxylation is 1. The molecule has 0 atom stereocenters. The number of piperidine rings is 1. The van der Waals surface area contributed by atoms with Crippen molar-refractivity contribution in [3.8, 4) is 0 Å². The third-order valence-electron chi connectivity index (χ3n) is 4.44. The molecule has 1 aliphatic rings. The molecule has 0 bridgehead atoms. The smallest absolute Gasteiger partial charge is 0.228 e. The molecule has 26 heavy (non-hydrogen) atoms. The largest absolute Gasteiger partial charge is 0.360 e. The van der Waals surface area contributed by atoms with Crippen molar-refractivity contribution in [3.63, 3.8) is 0 Å². The van der Waals surface area contributed by atoms with Crippen molar-refractivity contribution >= 4 is 33.6 Å². The van der Waals surface area contributed by atoms with Crippen molar-refractivity contribution in [2.24, 2.45) is 5.92 Å². The Balaban J connectivity index is 1.50. The molecular weight excluding hydrogens is 405 g/mol. The summed E-state index contributed by atoms with van der Waals surface area (Å²) in [6, 6.07) is 6.23. The monoisotopic (exact) mass is 423 g/mol. The number of hydrogen-bond donors (Lipinski definition) is 1. The molecule has 2 aromatic rings. The van der Waals surface area contributed by atoms with E-state index in [0.29, 0.717) is 42.0 Å². The molecule has 1 saturated heterocycles. The van der Waals surface area contributed by atoms with Crippen LogP contribution in [-0.4, -0.2) is 35.0 Å². The van der Waals surface area contributed by atoms with Crippen LogP contribution < -0.4 is 5.32 Å². The van der Waals surface area contributed by atoms with E-state index in [1.165, 1.54) is 6.07 Å². The topological polar surface area (TPSA) is 75.4 Å². The third kappa shape index (κ3) is 4.49. The number of anilines is 1. The van der Waals surface area contributed by atoms with Crippen LogP contribution >= 0.6 is 15.9 Å². The number of rotatable bonds is 4. The van der Waals surface area contributed by atoms with Gasteiger partial charge in [0.05, 0.1) is 10.9 Å². The van der Waals surface area contributed by atoms with Gasteiger partial charge >= 0.3 is 0 Å². The highest BCUT2D eigenvalue weighted by atomic mass is 79.9. The van der Waals surface area contributed by atoms with Gasteiger partial charge in [0.25, 0.3) is 0 Å². The van der Waals surface area contributed by atoms with Gasteiger partial charge < -0.3 is 14.7 Å². The molecule has 0 radical (unpaired) electrons. The number of aromatic nitrogens is 1. The summed E-state index contributed by atoms with van der Waals surface area (Å²) in [5, 5.41) is 6.49. The Kier molecular flexibility index (Phi) is 5.70. The normalized spacial score (nSPS) is 15.1. The fourth-order valence-electron chi connectivity index (χ4n) is 2.98. The molecule has 1 N–H and O–H groups in total. The molecule has 2 amide bonds. The Morgan fingerprint density at radius 1 is 1.35 bits per heavy atom. The fraction of sp³-hybridized carbons (Fsp3) is 0.389. The van der Waals surface area contributed by atoms with Gasteiger partial charge in [-0.25, -0.2) is 4.39 Å². The number of amides is 2. The van der Waals surface area contributed by atoms with Crippen LogP contribution in [0.3, 0.4) is 0 Å². The minimum absolute atomic E-state index is 0.0190. The van der Waals surface area contributed by atoms with E-state index >= 15 is 0 Å². The second kappa shape index (κ2) is 7.99. The second-order valence-corrected chi connectivity index (χ2v) is 7.25. The first-order valence-electron chi connectivity index (χ1n) is 8.38. The van der Waals surface area contributed by atoms with Gasteiger partial charge in [0, 0.05) is 25.1 Å². The molecule has 0 saturated carbocycles. The number of nitrogens with zero attached hydrogens (tertiary/aromatic N) is 2. The lowest BCUT2D eigenvalue weighted by molar-refractivity contribution is -0.133. The van der Waals surface area contributed by atoms with E-state index in [-0.39, 0.29) is 30.0 Å². The Labute approximate surface area is 158 Å². The van der Waals surface area contributed by atoms with Gasteiger partial charge in [0.15, 0.2) is 5.82 Å². The van der Waals surface area contributed by atoms with E-state index in [2.05, 4.69) is 26.4 Å². The SMILES string of the molecule is Cc1cc(NC(=O)C2CCN(C(=O)Cc3ccc(F)c(Br)c3)CC2)no1. The molecular formula is C18H19BrFN3O3. The summed E-state index contributed by atoms with van der Waals surface area (Å²) < 4.78 is 18.6. The predicted molar refractivity (Wildman–Crippen MR) is 97.0 cm³/mol. The van der Waals surface area contributed by atoms with Crippen LogP contribution in [0.25, 0.3) is 0 Å². The molecule has 2 heterocycles. The molecule has 0 unspecified atom stereocenters. The summed E-state index contributed by atoms with van der Waals surface area (Å²) >= 11 is 3.13. The fourth-order valence-corrected chi connectivity index (χ4v) is 3.41. The highest BCUT2D eigenvalue weighted by molar-refractivity contribution is 9.10. The summed E-state index contributed by atoms with van der Waals surface area (Å²) in [5.74, 6) is 0.412. The molecule has 1 aromatic carbocycles.